The van der Waals surface area contributed by atoms with Crippen molar-refractivity contribution in [3.05, 3.63) is 58.2 Å². The summed E-state index contributed by atoms with van der Waals surface area (Å²) in [4.78, 5) is 42.5. The second-order valence-corrected chi connectivity index (χ2v) is 11.1. The molecule has 2 amide bonds. The van der Waals surface area contributed by atoms with E-state index in [1.54, 1.807) is 62.2 Å². The number of carbonyl (C=O) groups is 3. The van der Waals surface area contributed by atoms with Gasteiger partial charge in [0.05, 0.1) is 28.4 Å². The molecule has 11 heteroatoms. The van der Waals surface area contributed by atoms with Crippen LogP contribution in [-0.2, 0) is 9.53 Å². The van der Waals surface area contributed by atoms with E-state index in [1.807, 2.05) is 11.0 Å². The van der Waals surface area contributed by atoms with Gasteiger partial charge in [0, 0.05) is 29.7 Å². The first-order valence-electron chi connectivity index (χ1n) is 12.0. The highest BCUT2D eigenvalue weighted by molar-refractivity contribution is 6.42. The van der Waals surface area contributed by atoms with Crippen molar-refractivity contribution in [2.75, 3.05) is 24.7 Å². The second-order valence-electron chi connectivity index (χ2n) is 10.3. The fourth-order valence-electron chi connectivity index (χ4n) is 4.96. The Hall–Kier alpha value is -3.30. The van der Waals surface area contributed by atoms with Crippen molar-refractivity contribution in [2.24, 2.45) is 0 Å². The van der Waals surface area contributed by atoms with Gasteiger partial charge in [0.2, 0.25) is 5.91 Å². The summed E-state index contributed by atoms with van der Waals surface area (Å²) in [5, 5.41) is 8.62. The summed E-state index contributed by atoms with van der Waals surface area (Å²) in [7, 11) is 0. The Bertz CT molecular complexity index is 1410. The first-order valence-corrected chi connectivity index (χ1v) is 12.8. The number of nitrogens with one attached hydrogen (secondary N) is 1. The SMILES string of the molecule is CC(C)(C)OC(=O)n1ncc2cc(C(=O)N3CCC4(CC3)C(=O)NCN4c3ccc(Cl)c(Cl)c3)ccc21. The Morgan fingerprint density at radius 2 is 1.78 bits per heavy atom. The van der Waals surface area contributed by atoms with E-state index in [4.69, 9.17) is 27.9 Å². The van der Waals surface area contributed by atoms with E-state index >= 15 is 0 Å². The number of halogens is 2. The summed E-state index contributed by atoms with van der Waals surface area (Å²) >= 11 is 12.3. The fourth-order valence-corrected chi connectivity index (χ4v) is 5.25. The summed E-state index contributed by atoms with van der Waals surface area (Å²) in [5.41, 5.74) is 0.447. The lowest BCUT2D eigenvalue weighted by Gasteiger charge is -2.43. The van der Waals surface area contributed by atoms with Crippen molar-refractivity contribution in [3.63, 3.8) is 0 Å². The number of ether oxygens (including phenoxy) is 1. The van der Waals surface area contributed by atoms with Gasteiger partial charge in [-0.1, -0.05) is 23.2 Å². The summed E-state index contributed by atoms with van der Waals surface area (Å²) < 4.78 is 6.60. The van der Waals surface area contributed by atoms with E-state index in [9.17, 15) is 14.4 Å². The molecule has 2 aromatic carbocycles. The van der Waals surface area contributed by atoms with Crippen LogP contribution in [0, 0.1) is 0 Å². The van der Waals surface area contributed by atoms with Gasteiger partial charge in [-0.25, -0.2) is 4.79 Å². The lowest BCUT2D eigenvalue weighted by atomic mass is 9.85. The summed E-state index contributed by atoms with van der Waals surface area (Å²) in [6.07, 6.45) is 1.91. The molecular weight excluding hydrogens is 517 g/mol. The van der Waals surface area contributed by atoms with Crippen LogP contribution in [-0.4, -0.2) is 63.5 Å². The third-order valence-electron chi connectivity index (χ3n) is 6.81. The minimum atomic E-state index is -0.757. The van der Waals surface area contributed by atoms with Crippen molar-refractivity contribution in [1.29, 1.82) is 0 Å². The van der Waals surface area contributed by atoms with Gasteiger partial charge in [0.15, 0.2) is 0 Å². The molecule has 194 valence electrons. The van der Waals surface area contributed by atoms with Crippen molar-refractivity contribution < 1.29 is 19.1 Å². The minimum Gasteiger partial charge on any atom is -0.442 e. The lowest BCUT2D eigenvalue weighted by molar-refractivity contribution is -0.124. The van der Waals surface area contributed by atoms with Gasteiger partial charge in [-0.05, 0) is 70.0 Å². The Balaban J connectivity index is 1.32. The standard InChI is InChI=1S/C26H27Cl2N5O4/c1-25(2,3)37-24(36)33-21-7-4-16(12-17(21)14-30-33)22(34)31-10-8-26(9-11-31)23(35)29-15-32(26)18-5-6-19(27)20(28)13-18/h4-7,12-14H,8-11,15H2,1-3H3,(H,29,35). The molecule has 2 aliphatic rings. The maximum absolute atomic E-state index is 13.4. The van der Waals surface area contributed by atoms with E-state index in [0.717, 1.165) is 5.69 Å². The number of amides is 2. The Morgan fingerprint density at radius 1 is 1.05 bits per heavy atom. The maximum Gasteiger partial charge on any atom is 0.435 e. The van der Waals surface area contributed by atoms with Crippen molar-refractivity contribution in [3.8, 4) is 0 Å². The molecule has 0 atom stereocenters. The molecule has 2 fully saturated rings. The smallest absolute Gasteiger partial charge is 0.435 e. The van der Waals surface area contributed by atoms with E-state index in [2.05, 4.69) is 10.4 Å². The van der Waals surface area contributed by atoms with Gasteiger partial charge in [-0.3, -0.25) is 9.59 Å². The van der Waals surface area contributed by atoms with Crippen LogP contribution in [0.25, 0.3) is 10.9 Å². The molecule has 3 heterocycles. The number of likely N-dealkylation sites (tertiary alicyclic amines) is 1. The molecule has 0 aliphatic carbocycles. The third-order valence-corrected chi connectivity index (χ3v) is 7.55. The topological polar surface area (TPSA) is 96.8 Å². The first kappa shape index (κ1) is 25.4. The first-order chi connectivity index (χ1) is 17.5. The molecule has 1 spiro atoms. The van der Waals surface area contributed by atoms with Gasteiger partial charge < -0.3 is 19.9 Å². The monoisotopic (exact) mass is 543 g/mol. The highest BCUT2D eigenvalue weighted by Gasteiger charge is 2.51. The molecular formula is C26H27Cl2N5O4. The van der Waals surface area contributed by atoms with Crippen molar-refractivity contribution in [1.82, 2.24) is 20.0 Å². The van der Waals surface area contributed by atoms with Crippen LogP contribution in [0.3, 0.4) is 0 Å². The number of carbonyl (C=O) groups excluding carboxylic acids is 3. The Labute approximate surface area is 224 Å². The molecule has 2 aliphatic heterocycles. The predicted molar refractivity (Wildman–Crippen MR) is 141 cm³/mol. The molecule has 1 aromatic heterocycles. The number of piperidine rings is 1. The number of benzene rings is 2. The molecule has 1 N–H and O–H groups in total. The highest BCUT2D eigenvalue weighted by atomic mass is 35.5. The van der Waals surface area contributed by atoms with E-state index in [0.29, 0.717) is 59.1 Å². The number of hydrogen-bond acceptors (Lipinski definition) is 6. The lowest BCUT2D eigenvalue weighted by Crippen LogP contribution is -2.57. The number of rotatable bonds is 2. The normalized spacial score (nSPS) is 17.4. The number of hydrogen-bond donors (Lipinski definition) is 1. The van der Waals surface area contributed by atoms with Crippen LogP contribution in [0.1, 0.15) is 44.0 Å². The van der Waals surface area contributed by atoms with Gasteiger partial charge in [0.25, 0.3) is 5.91 Å². The molecule has 3 aromatic rings. The minimum absolute atomic E-state index is 0.0540. The van der Waals surface area contributed by atoms with Crippen molar-refractivity contribution >= 4 is 57.7 Å². The number of aromatic nitrogens is 2. The van der Waals surface area contributed by atoms with Crippen LogP contribution in [0.5, 0.6) is 0 Å². The Kier molecular flexibility index (Phi) is 6.32. The van der Waals surface area contributed by atoms with Crippen LogP contribution in [0.15, 0.2) is 42.6 Å². The zero-order valence-corrected chi connectivity index (χ0v) is 22.3. The largest absolute Gasteiger partial charge is 0.442 e. The number of anilines is 1. The molecule has 0 bridgehead atoms. The van der Waals surface area contributed by atoms with E-state index < -0.39 is 17.2 Å². The molecule has 0 radical (unpaired) electrons. The molecule has 5 rings (SSSR count). The van der Waals surface area contributed by atoms with Gasteiger partial charge >= 0.3 is 6.09 Å². The second kappa shape index (κ2) is 9.22. The zero-order chi connectivity index (χ0) is 26.5. The summed E-state index contributed by atoms with van der Waals surface area (Å²) in [6, 6.07) is 10.4. The van der Waals surface area contributed by atoms with Crippen LogP contribution in [0.2, 0.25) is 10.0 Å². The molecule has 2 saturated heterocycles. The van der Waals surface area contributed by atoms with Crippen LogP contribution >= 0.6 is 23.2 Å². The third kappa shape index (κ3) is 4.62. The van der Waals surface area contributed by atoms with Gasteiger partial charge in [0.1, 0.15) is 11.1 Å². The van der Waals surface area contributed by atoms with Gasteiger partial charge in [-0.2, -0.15) is 9.78 Å². The quantitative estimate of drug-likeness (QED) is 0.503. The van der Waals surface area contributed by atoms with Crippen LogP contribution in [0.4, 0.5) is 10.5 Å². The number of nitrogens with zero attached hydrogens (tertiary/aromatic N) is 4. The number of fused-ring (bicyclic) bond motifs is 1. The fraction of sp³-hybridized carbons (Fsp3) is 0.385. The van der Waals surface area contributed by atoms with E-state index in [-0.39, 0.29) is 11.8 Å². The van der Waals surface area contributed by atoms with Crippen molar-refractivity contribution in [2.45, 2.75) is 44.8 Å². The molecule has 37 heavy (non-hydrogen) atoms. The predicted octanol–water partition coefficient (Wildman–Crippen LogP) is 4.70. The molecule has 0 saturated carbocycles. The molecule has 0 unspecified atom stereocenters. The Morgan fingerprint density at radius 3 is 2.46 bits per heavy atom. The average molecular weight is 544 g/mol. The molecule has 9 nitrogen and oxygen atoms in total. The summed E-state index contributed by atoms with van der Waals surface area (Å²) in [6.45, 7) is 6.56. The summed E-state index contributed by atoms with van der Waals surface area (Å²) in [5.74, 6) is -0.192. The average Bonchev–Trinajstić information content (AvgIpc) is 3.41. The zero-order valence-electron chi connectivity index (χ0n) is 20.8. The highest BCUT2D eigenvalue weighted by Crippen LogP contribution is 2.38. The van der Waals surface area contributed by atoms with Gasteiger partial charge in [-0.15, -0.1) is 0 Å². The van der Waals surface area contributed by atoms with Crippen LogP contribution < -0.4 is 10.2 Å². The maximum atomic E-state index is 13.4. The van der Waals surface area contributed by atoms with E-state index in [1.165, 1.54) is 4.68 Å².